The lowest BCUT2D eigenvalue weighted by Crippen LogP contribution is -2.22. The Balaban J connectivity index is 0.000000982. The number of rotatable bonds is 0. The maximum Gasteiger partial charge on any atom is 0.324 e. The summed E-state index contributed by atoms with van der Waals surface area (Å²) < 4.78 is 8.46. The fourth-order valence-corrected chi connectivity index (χ4v) is 1.94. The second kappa shape index (κ2) is 6.49. The van der Waals surface area contributed by atoms with Crippen LogP contribution < -0.4 is 0 Å². The first-order chi connectivity index (χ1) is 8.45. The van der Waals surface area contributed by atoms with Crippen molar-refractivity contribution in [2.75, 3.05) is 0 Å². The SMILES string of the molecule is Cc1cc(C(C)(C)C)c(C(C)(C)C)cc1O.O=PO. The third-order valence-electron chi connectivity index (χ3n) is 2.95. The molecule has 0 unspecified atom stereocenters. The molecule has 0 saturated carbocycles. The van der Waals surface area contributed by atoms with E-state index >= 15 is 0 Å². The molecule has 0 aliphatic heterocycles. The molecule has 0 saturated heterocycles. The lowest BCUT2D eigenvalue weighted by molar-refractivity contribution is 0.462. The van der Waals surface area contributed by atoms with E-state index in [4.69, 9.17) is 9.46 Å². The van der Waals surface area contributed by atoms with E-state index in [9.17, 15) is 5.11 Å². The smallest absolute Gasteiger partial charge is 0.324 e. The lowest BCUT2D eigenvalue weighted by Gasteiger charge is -2.30. The molecule has 0 amide bonds. The minimum Gasteiger partial charge on any atom is -0.508 e. The van der Waals surface area contributed by atoms with Crippen LogP contribution in [-0.4, -0.2) is 10.00 Å². The summed E-state index contributed by atoms with van der Waals surface area (Å²) in [6, 6.07) is 4.05. The molecule has 1 aromatic carbocycles. The van der Waals surface area contributed by atoms with Gasteiger partial charge in [-0.2, -0.15) is 0 Å². The molecular weight excluding hydrogens is 259 g/mol. The summed E-state index contributed by atoms with van der Waals surface area (Å²) in [4.78, 5) is 6.99. The molecule has 0 bridgehead atoms. The molecule has 0 aliphatic carbocycles. The molecule has 19 heavy (non-hydrogen) atoms. The maximum atomic E-state index is 9.85. The Bertz CT molecular complexity index is 401. The second-order valence-corrected chi connectivity index (χ2v) is 6.93. The van der Waals surface area contributed by atoms with Crippen LogP contribution in [0.25, 0.3) is 0 Å². The Morgan fingerprint density at radius 3 is 1.58 bits per heavy atom. The van der Waals surface area contributed by atoms with Gasteiger partial charge in [0.25, 0.3) is 0 Å². The Hall–Kier alpha value is -0.920. The van der Waals surface area contributed by atoms with Gasteiger partial charge in [0.05, 0.1) is 0 Å². The van der Waals surface area contributed by atoms with Crippen LogP contribution in [0.15, 0.2) is 12.1 Å². The van der Waals surface area contributed by atoms with Crippen molar-refractivity contribution in [3.8, 4) is 5.75 Å². The van der Waals surface area contributed by atoms with E-state index in [2.05, 4.69) is 47.6 Å². The first kappa shape index (κ1) is 18.1. The number of benzene rings is 1. The highest BCUT2D eigenvalue weighted by Crippen LogP contribution is 2.37. The van der Waals surface area contributed by atoms with E-state index in [0.717, 1.165) is 5.56 Å². The lowest BCUT2D eigenvalue weighted by atomic mass is 9.74. The quantitative estimate of drug-likeness (QED) is 0.690. The summed E-state index contributed by atoms with van der Waals surface area (Å²) in [6.45, 7) is 15.2. The zero-order chi connectivity index (χ0) is 15.4. The monoisotopic (exact) mass is 284 g/mol. The van der Waals surface area contributed by atoms with Crippen LogP contribution in [0, 0.1) is 6.92 Å². The van der Waals surface area contributed by atoms with Gasteiger partial charge in [0.1, 0.15) is 5.75 Å². The summed E-state index contributed by atoms with van der Waals surface area (Å²) >= 11 is 0. The van der Waals surface area contributed by atoms with Gasteiger partial charge in [0.15, 0.2) is 0 Å². The Kier molecular flexibility index (Phi) is 6.18. The first-order valence-corrected chi connectivity index (χ1v) is 7.03. The van der Waals surface area contributed by atoms with Crippen LogP contribution in [0.3, 0.4) is 0 Å². The largest absolute Gasteiger partial charge is 0.508 e. The average molecular weight is 284 g/mol. The summed E-state index contributed by atoms with van der Waals surface area (Å²) in [7, 11) is -0.833. The van der Waals surface area contributed by atoms with Gasteiger partial charge in [-0.3, -0.25) is 0 Å². The summed E-state index contributed by atoms with van der Waals surface area (Å²) in [5.41, 5.74) is 3.70. The number of hydrogen-bond donors (Lipinski definition) is 2. The Morgan fingerprint density at radius 1 is 0.947 bits per heavy atom. The van der Waals surface area contributed by atoms with Gasteiger partial charge < -0.3 is 10.00 Å². The van der Waals surface area contributed by atoms with E-state index in [1.54, 1.807) is 0 Å². The predicted molar refractivity (Wildman–Crippen MR) is 80.1 cm³/mol. The Morgan fingerprint density at radius 2 is 1.26 bits per heavy atom. The number of phenols is 1. The molecule has 2 N–H and O–H groups in total. The van der Waals surface area contributed by atoms with Crippen molar-refractivity contribution in [3.05, 3.63) is 28.8 Å². The van der Waals surface area contributed by atoms with E-state index in [-0.39, 0.29) is 10.8 Å². The van der Waals surface area contributed by atoms with Gasteiger partial charge in [0, 0.05) is 0 Å². The first-order valence-electron chi connectivity index (χ1n) is 6.26. The third-order valence-corrected chi connectivity index (χ3v) is 2.95. The molecule has 0 spiro atoms. The molecule has 0 aromatic heterocycles. The summed E-state index contributed by atoms with van der Waals surface area (Å²) in [5, 5.41) is 9.85. The number of aromatic hydroxyl groups is 1. The van der Waals surface area contributed by atoms with Crippen LogP contribution in [0.5, 0.6) is 5.75 Å². The molecule has 0 radical (unpaired) electrons. The van der Waals surface area contributed by atoms with E-state index in [1.807, 2.05) is 13.0 Å². The van der Waals surface area contributed by atoms with Crippen molar-refractivity contribution in [1.82, 2.24) is 0 Å². The van der Waals surface area contributed by atoms with Gasteiger partial charge in [-0.1, -0.05) is 47.6 Å². The van der Waals surface area contributed by atoms with Crippen molar-refractivity contribution in [1.29, 1.82) is 0 Å². The summed E-state index contributed by atoms with van der Waals surface area (Å²) in [5.74, 6) is 0.401. The average Bonchev–Trinajstić information content (AvgIpc) is 2.19. The minimum absolute atomic E-state index is 0.0633. The number of hydrogen-bond acceptors (Lipinski definition) is 2. The molecule has 0 atom stereocenters. The van der Waals surface area contributed by atoms with Gasteiger partial charge in [-0.15, -0.1) is 0 Å². The highest BCUT2D eigenvalue weighted by atomic mass is 31.1. The molecule has 0 fully saturated rings. The van der Waals surface area contributed by atoms with Gasteiger partial charge in [-0.25, -0.2) is 4.57 Å². The standard InChI is InChI=1S/C15H24O.HO2P/c1-10-8-11(14(2,3)4)12(9-13(10)16)15(5,6)7;1-3-2/h8-9,16H,1-7H3;(H,1,2). The predicted octanol–water partition coefficient (Wildman–Crippen LogP) is 4.48. The van der Waals surface area contributed by atoms with Gasteiger partial charge in [0.2, 0.25) is 0 Å². The van der Waals surface area contributed by atoms with Crippen LogP contribution >= 0.6 is 8.69 Å². The van der Waals surface area contributed by atoms with Crippen molar-refractivity contribution in [3.63, 3.8) is 0 Å². The maximum absolute atomic E-state index is 9.85. The zero-order valence-corrected chi connectivity index (χ0v) is 13.8. The molecular formula is C15H25O3P. The van der Waals surface area contributed by atoms with Gasteiger partial charge in [-0.05, 0) is 40.5 Å². The van der Waals surface area contributed by atoms with Crippen LogP contribution in [0.2, 0.25) is 0 Å². The molecule has 0 aliphatic rings. The fraction of sp³-hybridized carbons (Fsp3) is 0.600. The molecule has 1 rings (SSSR count). The number of phenolic OH excluding ortho intramolecular Hbond substituents is 1. The molecule has 3 nitrogen and oxygen atoms in total. The van der Waals surface area contributed by atoms with Crippen LogP contribution in [0.1, 0.15) is 58.2 Å². The highest BCUT2D eigenvalue weighted by molar-refractivity contribution is 7.16. The van der Waals surface area contributed by atoms with Gasteiger partial charge >= 0.3 is 8.69 Å². The third kappa shape index (κ3) is 5.30. The minimum atomic E-state index is -0.833. The van der Waals surface area contributed by atoms with Crippen LogP contribution in [0.4, 0.5) is 0 Å². The van der Waals surface area contributed by atoms with Crippen LogP contribution in [-0.2, 0) is 15.4 Å². The molecule has 1 aromatic rings. The second-order valence-electron chi connectivity index (χ2n) is 6.77. The molecule has 108 valence electrons. The topological polar surface area (TPSA) is 57.5 Å². The van der Waals surface area contributed by atoms with Crippen molar-refractivity contribution >= 4 is 8.69 Å². The molecule has 4 heteroatoms. The normalized spacial score (nSPS) is 12.0. The highest BCUT2D eigenvalue weighted by Gasteiger charge is 2.25. The van der Waals surface area contributed by atoms with E-state index < -0.39 is 8.69 Å². The Labute approximate surface area is 118 Å². The van der Waals surface area contributed by atoms with Crippen molar-refractivity contribution in [2.24, 2.45) is 0 Å². The summed E-state index contributed by atoms with van der Waals surface area (Å²) in [6.07, 6.45) is 0. The fourth-order valence-electron chi connectivity index (χ4n) is 1.94. The van der Waals surface area contributed by atoms with E-state index in [0.29, 0.717) is 5.75 Å². The number of aryl methyl sites for hydroxylation is 1. The van der Waals surface area contributed by atoms with Crippen molar-refractivity contribution < 1.29 is 14.6 Å². The van der Waals surface area contributed by atoms with Crippen molar-refractivity contribution in [2.45, 2.75) is 59.3 Å². The van der Waals surface area contributed by atoms with E-state index in [1.165, 1.54) is 11.1 Å². The zero-order valence-electron chi connectivity index (χ0n) is 12.9. The molecule has 0 heterocycles.